The number of nitrogens with zero attached hydrogens (tertiary/aromatic N) is 1. The van der Waals surface area contributed by atoms with Gasteiger partial charge in [0.1, 0.15) is 0 Å². The van der Waals surface area contributed by atoms with Crippen molar-refractivity contribution < 1.29 is 4.74 Å². The molecule has 2 fully saturated rings. The summed E-state index contributed by atoms with van der Waals surface area (Å²) in [5, 5.41) is 3.35. The first-order chi connectivity index (χ1) is 7.15. The number of hydrogen-bond acceptors (Lipinski definition) is 3. The second-order valence-electron chi connectivity index (χ2n) is 5.37. The van der Waals surface area contributed by atoms with Gasteiger partial charge in [0.15, 0.2) is 0 Å². The van der Waals surface area contributed by atoms with Gasteiger partial charge in [-0.3, -0.25) is 4.90 Å². The summed E-state index contributed by atoms with van der Waals surface area (Å²) in [5.41, 5.74) is 0. The summed E-state index contributed by atoms with van der Waals surface area (Å²) in [6.07, 6.45) is 0.806. The third kappa shape index (κ3) is 2.92. The Balaban J connectivity index is 1.77. The summed E-state index contributed by atoms with van der Waals surface area (Å²) >= 11 is 0. The molecule has 2 saturated heterocycles. The summed E-state index contributed by atoms with van der Waals surface area (Å²) in [6.45, 7) is 12.6. The second kappa shape index (κ2) is 4.81. The van der Waals surface area contributed by atoms with E-state index in [0.29, 0.717) is 12.2 Å². The lowest BCUT2D eigenvalue weighted by Crippen LogP contribution is -2.51. The van der Waals surface area contributed by atoms with Gasteiger partial charge < -0.3 is 10.1 Å². The fourth-order valence-electron chi connectivity index (χ4n) is 2.70. The molecule has 0 amide bonds. The maximum absolute atomic E-state index is 5.74. The molecule has 0 bridgehead atoms. The van der Waals surface area contributed by atoms with Crippen LogP contribution in [0.3, 0.4) is 0 Å². The molecule has 0 radical (unpaired) electrons. The lowest BCUT2D eigenvalue weighted by Gasteiger charge is -2.40. The van der Waals surface area contributed by atoms with E-state index in [2.05, 4.69) is 31.0 Å². The van der Waals surface area contributed by atoms with E-state index in [1.165, 1.54) is 19.6 Å². The third-order valence-electron chi connectivity index (χ3n) is 3.66. The van der Waals surface area contributed by atoms with Crippen LogP contribution in [0.25, 0.3) is 0 Å². The van der Waals surface area contributed by atoms with Gasteiger partial charge in [0.05, 0.1) is 12.2 Å². The zero-order valence-electron chi connectivity index (χ0n) is 10.2. The van der Waals surface area contributed by atoms with Crippen LogP contribution in [0.5, 0.6) is 0 Å². The van der Waals surface area contributed by atoms with E-state index in [1.807, 2.05) is 0 Å². The lowest BCUT2D eigenvalue weighted by molar-refractivity contribution is -0.0733. The molecular formula is C12H24N2O. The Morgan fingerprint density at radius 2 is 1.87 bits per heavy atom. The molecule has 2 aliphatic heterocycles. The van der Waals surface area contributed by atoms with Gasteiger partial charge in [-0.05, 0) is 38.8 Å². The highest BCUT2D eigenvalue weighted by molar-refractivity contribution is 4.83. The molecule has 88 valence electrons. The highest BCUT2D eigenvalue weighted by Gasteiger charge is 2.28. The van der Waals surface area contributed by atoms with Gasteiger partial charge in [-0.1, -0.05) is 6.92 Å². The van der Waals surface area contributed by atoms with Gasteiger partial charge >= 0.3 is 0 Å². The molecule has 2 rings (SSSR count). The molecule has 15 heavy (non-hydrogen) atoms. The van der Waals surface area contributed by atoms with E-state index in [0.717, 1.165) is 24.9 Å². The molecule has 3 atom stereocenters. The summed E-state index contributed by atoms with van der Waals surface area (Å²) in [7, 11) is 0. The zero-order chi connectivity index (χ0) is 10.8. The molecule has 0 aromatic heterocycles. The predicted octanol–water partition coefficient (Wildman–Crippen LogP) is 0.951. The van der Waals surface area contributed by atoms with E-state index in [4.69, 9.17) is 4.74 Å². The number of rotatable bonds is 3. The Morgan fingerprint density at radius 3 is 2.33 bits per heavy atom. The minimum Gasteiger partial charge on any atom is -0.373 e. The SMILES string of the molecule is CC(CN1C[C@@H](C)O[C@@H](C)C1)C1CNC1. The molecule has 1 N–H and O–H groups in total. The van der Waals surface area contributed by atoms with Gasteiger partial charge in [-0.25, -0.2) is 0 Å². The van der Waals surface area contributed by atoms with Crippen LogP contribution in [0, 0.1) is 11.8 Å². The van der Waals surface area contributed by atoms with Crippen molar-refractivity contribution in [3.63, 3.8) is 0 Å². The average molecular weight is 212 g/mol. The summed E-state index contributed by atoms with van der Waals surface area (Å²) in [5.74, 6) is 1.72. The second-order valence-corrected chi connectivity index (χ2v) is 5.37. The van der Waals surface area contributed by atoms with Crippen LogP contribution >= 0.6 is 0 Å². The molecular weight excluding hydrogens is 188 g/mol. The van der Waals surface area contributed by atoms with Crippen molar-refractivity contribution in [1.29, 1.82) is 0 Å². The van der Waals surface area contributed by atoms with Gasteiger partial charge in [-0.2, -0.15) is 0 Å². The fraction of sp³-hybridized carbons (Fsp3) is 1.00. The van der Waals surface area contributed by atoms with Crippen molar-refractivity contribution in [3.05, 3.63) is 0 Å². The van der Waals surface area contributed by atoms with Gasteiger partial charge in [0, 0.05) is 19.6 Å². The first-order valence-electron chi connectivity index (χ1n) is 6.23. The topological polar surface area (TPSA) is 24.5 Å². The third-order valence-corrected chi connectivity index (χ3v) is 3.66. The number of ether oxygens (including phenoxy) is 1. The fourth-order valence-corrected chi connectivity index (χ4v) is 2.70. The van der Waals surface area contributed by atoms with E-state index in [9.17, 15) is 0 Å². The van der Waals surface area contributed by atoms with Crippen LogP contribution in [0.15, 0.2) is 0 Å². The first-order valence-corrected chi connectivity index (χ1v) is 6.23. The van der Waals surface area contributed by atoms with Crippen molar-refractivity contribution in [1.82, 2.24) is 10.2 Å². The normalized spacial score (nSPS) is 36.2. The Morgan fingerprint density at radius 1 is 1.27 bits per heavy atom. The zero-order valence-corrected chi connectivity index (χ0v) is 10.2. The number of morpholine rings is 1. The van der Waals surface area contributed by atoms with Crippen LogP contribution in [0.1, 0.15) is 20.8 Å². The largest absolute Gasteiger partial charge is 0.373 e. The Labute approximate surface area is 93.2 Å². The first kappa shape index (κ1) is 11.4. The molecule has 0 aromatic carbocycles. The maximum atomic E-state index is 5.74. The van der Waals surface area contributed by atoms with Crippen molar-refractivity contribution in [2.75, 3.05) is 32.7 Å². The minimum absolute atomic E-state index is 0.403. The quantitative estimate of drug-likeness (QED) is 0.754. The molecule has 0 spiro atoms. The van der Waals surface area contributed by atoms with Crippen molar-refractivity contribution >= 4 is 0 Å². The Hall–Kier alpha value is -0.120. The Kier molecular flexibility index (Phi) is 3.65. The van der Waals surface area contributed by atoms with Crippen LogP contribution in [0.4, 0.5) is 0 Å². The van der Waals surface area contributed by atoms with Crippen LogP contribution in [-0.2, 0) is 4.74 Å². The Bertz CT molecular complexity index is 196. The van der Waals surface area contributed by atoms with E-state index in [-0.39, 0.29) is 0 Å². The van der Waals surface area contributed by atoms with Crippen LogP contribution in [0.2, 0.25) is 0 Å². The highest BCUT2D eigenvalue weighted by Crippen LogP contribution is 2.19. The van der Waals surface area contributed by atoms with Crippen LogP contribution < -0.4 is 5.32 Å². The van der Waals surface area contributed by atoms with Crippen molar-refractivity contribution in [2.45, 2.75) is 33.0 Å². The van der Waals surface area contributed by atoms with Gasteiger partial charge in [0.2, 0.25) is 0 Å². The molecule has 2 aliphatic rings. The van der Waals surface area contributed by atoms with Crippen LogP contribution in [-0.4, -0.2) is 49.8 Å². The molecule has 3 heteroatoms. The van der Waals surface area contributed by atoms with E-state index in [1.54, 1.807) is 0 Å². The maximum Gasteiger partial charge on any atom is 0.0678 e. The monoisotopic (exact) mass is 212 g/mol. The van der Waals surface area contributed by atoms with E-state index < -0.39 is 0 Å². The molecule has 0 saturated carbocycles. The van der Waals surface area contributed by atoms with Crippen molar-refractivity contribution in [3.8, 4) is 0 Å². The van der Waals surface area contributed by atoms with Gasteiger partial charge in [0.25, 0.3) is 0 Å². The lowest BCUT2D eigenvalue weighted by atomic mass is 9.88. The standard InChI is InChI=1S/C12H24N2O/c1-9(12-4-13-5-12)6-14-7-10(2)15-11(3)8-14/h9-13H,4-8H2,1-3H3/t9?,10-,11+. The number of hydrogen-bond donors (Lipinski definition) is 1. The average Bonchev–Trinajstić information content (AvgIpc) is 1.96. The highest BCUT2D eigenvalue weighted by atomic mass is 16.5. The van der Waals surface area contributed by atoms with E-state index >= 15 is 0 Å². The molecule has 1 unspecified atom stereocenters. The minimum atomic E-state index is 0.403. The van der Waals surface area contributed by atoms with Gasteiger partial charge in [-0.15, -0.1) is 0 Å². The molecule has 0 aliphatic carbocycles. The summed E-state index contributed by atoms with van der Waals surface area (Å²) in [4.78, 5) is 2.57. The smallest absolute Gasteiger partial charge is 0.0678 e. The summed E-state index contributed by atoms with van der Waals surface area (Å²) in [6, 6.07) is 0. The number of nitrogens with one attached hydrogen (secondary N) is 1. The molecule has 0 aromatic rings. The molecule has 3 nitrogen and oxygen atoms in total. The predicted molar refractivity (Wildman–Crippen MR) is 62.0 cm³/mol. The molecule has 2 heterocycles. The van der Waals surface area contributed by atoms with Crippen molar-refractivity contribution in [2.24, 2.45) is 11.8 Å². The summed E-state index contributed by atoms with van der Waals surface area (Å²) < 4.78 is 5.74.